The number of hydrogen-bond donors (Lipinski definition) is 1. The van der Waals surface area contributed by atoms with Gasteiger partial charge < -0.3 is 15.1 Å². The van der Waals surface area contributed by atoms with Crippen LogP contribution in [0.3, 0.4) is 0 Å². The molecule has 0 saturated heterocycles. The van der Waals surface area contributed by atoms with Gasteiger partial charge in [-0.15, -0.1) is 101 Å². The second-order valence-electron chi connectivity index (χ2n) is 24.6. The molecule has 4 aromatic heterocycles. The summed E-state index contributed by atoms with van der Waals surface area (Å²) in [7, 11) is 54.1. The van der Waals surface area contributed by atoms with Crippen LogP contribution in [0.1, 0.15) is 71.2 Å². The number of para-hydroxylation sites is 2. The summed E-state index contributed by atoms with van der Waals surface area (Å²) in [5, 5.41) is 10.8. The second-order valence-corrected chi connectivity index (χ2v) is 24.6. The van der Waals surface area contributed by atoms with Gasteiger partial charge in [0.2, 0.25) is 0 Å². The number of rotatable bonds is 10. The summed E-state index contributed by atoms with van der Waals surface area (Å²) in [5.41, 5.74) is 21.3. The molecule has 6 nitrogen and oxygen atoms in total. The maximum atomic E-state index is 8.40. The summed E-state index contributed by atoms with van der Waals surface area (Å²) in [6.07, 6.45) is 0.776. The van der Waals surface area contributed by atoms with Gasteiger partial charge in [0.25, 0.3) is 0 Å². The number of carbonyl (C=O) groups excluding carboxylic acids is 1. The van der Waals surface area contributed by atoms with Gasteiger partial charge in [0.15, 0.2) is 0 Å². The number of aliphatic hydroxyl groups is 1. The summed E-state index contributed by atoms with van der Waals surface area (Å²) >= 11 is 0. The third-order valence-electron chi connectivity index (χ3n) is 16.8. The van der Waals surface area contributed by atoms with Crippen molar-refractivity contribution in [1.82, 2.24) is 19.9 Å². The van der Waals surface area contributed by atoms with E-state index in [0.29, 0.717) is 0 Å². The van der Waals surface area contributed by atoms with E-state index in [9.17, 15) is 0 Å². The molecule has 25 heteroatoms. The molecule has 0 spiro atoms. The van der Waals surface area contributed by atoms with Crippen LogP contribution in [-0.4, -0.2) is 158 Å². The van der Waals surface area contributed by atoms with Gasteiger partial charge in [0.05, 0.1) is 35.5 Å². The van der Waals surface area contributed by atoms with Crippen molar-refractivity contribution in [3.8, 4) is 67.3 Å². The van der Waals surface area contributed by atoms with Gasteiger partial charge in [-0.3, -0.25) is 9.78 Å². The summed E-state index contributed by atoms with van der Waals surface area (Å²) in [5.74, 6) is 0.250. The van der Waals surface area contributed by atoms with E-state index < -0.39 is 38.3 Å². The zero-order valence-electron chi connectivity index (χ0n) is 56.9. The Bertz CT molecular complexity index is 4220. The van der Waals surface area contributed by atoms with Crippen LogP contribution in [0.2, 0.25) is 0 Å². The smallest absolute Gasteiger partial charge is 0.316 e. The first-order valence-electron chi connectivity index (χ1n) is 32.1. The van der Waals surface area contributed by atoms with Crippen LogP contribution in [0.15, 0.2) is 261 Å². The quantitative estimate of drug-likeness (QED) is 0.0484. The number of pyridine rings is 4. The zero-order chi connectivity index (χ0) is 70.5. The van der Waals surface area contributed by atoms with Crippen molar-refractivity contribution < 1.29 is 50.1 Å². The van der Waals surface area contributed by atoms with E-state index in [1.165, 1.54) is 80.8 Å². The molecule has 0 unspecified atom stereocenters. The Morgan fingerprint density at radius 1 is 0.436 bits per heavy atom. The monoisotopic (exact) mass is 1640 g/mol. The van der Waals surface area contributed by atoms with E-state index in [0.717, 1.165) is 57.6 Å². The first-order chi connectivity index (χ1) is 47.0. The first kappa shape index (κ1) is 84.1. The SMILES string of the molecule is C.CC(=[OH+])C=C(C)O.CC1(C)c2ccccc2-c2c[c-]c(-c3ccc4ccccc4n3)cc21.CC1(C)c2ccccc2-c2ccc(-c3ccc4ccccc4n3)cc21.[B]B([B])B(B([B])[B])B(B([B])[B])B([B])[B].[B][B][B].[Ir].[Ir].[c-]1ccccc1-c1ccccn1.[c-]1ccccc1-c1ccccn1. The van der Waals surface area contributed by atoms with E-state index in [1.807, 2.05) is 103 Å². The van der Waals surface area contributed by atoms with E-state index in [4.69, 9.17) is 81.8 Å². The maximum Gasteiger partial charge on any atom is 0.316 e. The Hall–Kier alpha value is -7.51. The van der Waals surface area contributed by atoms with Crippen molar-refractivity contribution >= 4 is 150 Å². The van der Waals surface area contributed by atoms with Crippen molar-refractivity contribution in [2.75, 3.05) is 0 Å². The van der Waals surface area contributed by atoms with Crippen LogP contribution in [0.5, 0.6) is 0 Å². The van der Waals surface area contributed by atoms with Crippen LogP contribution in [0.25, 0.3) is 89.1 Å². The number of fused-ring (bicyclic) bond motifs is 8. The second kappa shape index (κ2) is 40.4. The average Bonchev–Trinajstić information content (AvgIpc) is 1.59. The van der Waals surface area contributed by atoms with Crippen molar-refractivity contribution in [2.24, 2.45) is 0 Å². The topological polar surface area (TPSA) is 93.2 Å². The number of hydrogen-bond acceptors (Lipinski definition) is 5. The van der Waals surface area contributed by atoms with Crippen molar-refractivity contribution in [1.29, 1.82) is 0 Å². The van der Waals surface area contributed by atoms with Crippen LogP contribution in [0.4, 0.5) is 0 Å². The molecule has 4 heterocycles. The third-order valence-corrected chi connectivity index (χ3v) is 16.8. The maximum absolute atomic E-state index is 8.40. The Morgan fingerprint density at radius 3 is 1.25 bits per heavy atom. The molecule has 0 bridgehead atoms. The summed E-state index contributed by atoms with van der Waals surface area (Å²) in [4.78, 5) is 26.5. The number of ketones is 1. The number of aromatic nitrogens is 4. The molecule has 14 rings (SSSR count). The Labute approximate surface area is 643 Å². The summed E-state index contributed by atoms with van der Waals surface area (Å²) in [6, 6.07) is 90.8. The fourth-order valence-electron chi connectivity index (χ4n) is 12.1. The number of aliphatic hydroxyl groups excluding tert-OH is 1. The van der Waals surface area contributed by atoms with Crippen LogP contribution < -0.4 is 0 Å². The summed E-state index contributed by atoms with van der Waals surface area (Å²) < 4.78 is 0. The van der Waals surface area contributed by atoms with E-state index in [1.54, 1.807) is 12.4 Å². The van der Waals surface area contributed by atoms with Gasteiger partial charge in [0, 0.05) is 192 Å². The Kier molecular flexibility index (Phi) is 33.6. The summed E-state index contributed by atoms with van der Waals surface area (Å²) in [6.45, 7) is 12.2. The molecule has 0 amide bonds. The van der Waals surface area contributed by atoms with Crippen LogP contribution in [-0.2, 0) is 51.0 Å². The molecule has 8 aromatic carbocycles. The molecular weight excluding hydrogens is 1570 g/mol. The minimum absolute atomic E-state index is 0. The standard InChI is InChI=1S/C24H19N.C24H18N.2C11H8N.C5H8O2.CH4.B14.B3.2Ir/c2*1-24(2)20-9-5-4-8-18(20)19-13-11-17(15-21(19)24)23-14-12-16-7-3-6-10-22(16)25-23;2*1-2-6-10(7-3-1)11-8-4-5-9-12-11;1-4(6)3-5(2)7;;1-9(2)13(10(3)4)14(11(5)6)12(7)8;1-3-2;;/h3-15H,1-2H3;3-10,12-15H,1-2H3;2*1-6,8-9H;3,6H,1-2H3;1H4;;;;/q;3*-1;;;;;;/p+1. The van der Waals surface area contributed by atoms with Crippen molar-refractivity contribution in [3.63, 3.8) is 0 Å². The van der Waals surface area contributed by atoms with E-state index in [2.05, 4.69) is 205 Å². The molecule has 0 aliphatic heterocycles. The fraction of sp³-hybridized carbons (Fsp3) is 0.118. The predicted octanol–water partition coefficient (Wildman–Crippen LogP) is 12.5. The minimum Gasteiger partial charge on any atom is -0.512 e. The fourth-order valence-corrected chi connectivity index (χ4v) is 12.1. The molecule has 0 fully saturated rings. The normalized spacial score (nSPS) is 11.5. The largest absolute Gasteiger partial charge is 0.512 e. The molecule has 101 heavy (non-hydrogen) atoms. The molecular formula is C76H66B17Ir2N4O2-2. The van der Waals surface area contributed by atoms with Gasteiger partial charge >= 0.3 is 5.78 Å². The van der Waals surface area contributed by atoms with Gasteiger partial charge in [0.1, 0.15) is 0 Å². The van der Waals surface area contributed by atoms with Crippen LogP contribution >= 0.6 is 0 Å². The zero-order valence-corrected chi connectivity index (χ0v) is 61.7. The molecule has 0 atom stereocenters. The number of benzene rings is 8. The van der Waals surface area contributed by atoms with Gasteiger partial charge in [-0.2, -0.15) is 0 Å². The first-order valence-corrected chi connectivity index (χ1v) is 32.1. The van der Waals surface area contributed by atoms with Gasteiger partial charge in [-0.1, -0.05) is 186 Å². The van der Waals surface area contributed by atoms with Crippen molar-refractivity contribution in [2.45, 2.75) is 59.8 Å². The van der Waals surface area contributed by atoms with E-state index >= 15 is 0 Å². The molecule has 0 saturated carbocycles. The molecule has 23 radical (unpaired) electrons. The predicted molar refractivity (Wildman–Crippen MR) is 439 cm³/mol. The van der Waals surface area contributed by atoms with Gasteiger partial charge in [-0.05, 0) is 99.0 Å². The average molecular weight is 1640 g/mol. The molecule has 12 aromatic rings. The Morgan fingerprint density at radius 2 is 0.832 bits per heavy atom. The Balaban J connectivity index is 0.000000226. The molecule has 2 N–H and O–H groups in total. The number of nitrogens with zero attached hydrogens (tertiary/aromatic N) is 4. The third kappa shape index (κ3) is 22.3. The number of allylic oxidation sites excluding steroid dienone is 2. The molecule has 473 valence electrons. The van der Waals surface area contributed by atoms with Crippen molar-refractivity contribution in [3.05, 3.63) is 301 Å². The van der Waals surface area contributed by atoms with Crippen LogP contribution in [0, 0.1) is 18.2 Å². The van der Waals surface area contributed by atoms with Gasteiger partial charge in [-0.25, -0.2) is 4.98 Å². The van der Waals surface area contributed by atoms with E-state index in [-0.39, 0.29) is 70.0 Å². The molecule has 2 aliphatic carbocycles. The minimum atomic E-state index is -0.760. The molecule has 2 aliphatic rings.